The molecule has 1 aliphatic rings. The molecule has 164 valence electrons. The second-order valence-electron chi connectivity index (χ2n) is 6.87. The second-order valence-corrected chi connectivity index (χ2v) is 6.87. The van der Waals surface area contributed by atoms with Gasteiger partial charge in [-0.1, -0.05) is 18.2 Å². The van der Waals surface area contributed by atoms with Gasteiger partial charge in [0.25, 0.3) is 0 Å². The van der Waals surface area contributed by atoms with Crippen LogP contribution in [0.25, 0.3) is 0 Å². The Morgan fingerprint density at radius 3 is 2.43 bits per heavy atom. The summed E-state index contributed by atoms with van der Waals surface area (Å²) in [5.74, 6) is 2.58. The van der Waals surface area contributed by atoms with Gasteiger partial charge in [-0.05, 0) is 24.1 Å². The number of para-hydroxylation sites is 1. The first-order chi connectivity index (χ1) is 14.3. The molecule has 2 aromatic rings. The van der Waals surface area contributed by atoms with Gasteiger partial charge in [-0.25, -0.2) is 9.97 Å². The molecule has 0 spiro atoms. The smallest absolute Gasteiger partial charge is 0.225 e. The molecule has 0 unspecified atom stereocenters. The molecule has 1 aromatic carbocycles. The van der Waals surface area contributed by atoms with Crippen LogP contribution in [0.5, 0.6) is 5.75 Å². The standard InChI is InChI=1S/C21H31N7O.HI/c1-22-20(23-11-8-18-6-3-4-7-19(18)29-2)24-12-13-27-14-16-28(17-15-27)21-25-9-5-10-26-21;/h3-7,9-10H,8,11-17H2,1-2H3,(H2,22,23,24);1H. The predicted molar refractivity (Wildman–Crippen MR) is 132 cm³/mol. The van der Waals surface area contributed by atoms with Crippen LogP contribution in [0.2, 0.25) is 0 Å². The van der Waals surface area contributed by atoms with Crippen molar-refractivity contribution < 1.29 is 4.74 Å². The van der Waals surface area contributed by atoms with Gasteiger partial charge in [0.1, 0.15) is 5.75 Å². The number of guanidine groups is 1. The van der Waals surface area contributed by atoms with Crippen LogP contribution in [0.3, 0.4) is 0 Å². The van der Waals surface area contributed by atoms with Crippen LogP contribution in [0.1, 0.15) is 5.56 Å². The summed E-state index contributed by atoms with van der Waals surface area (Å²) >= 11 is 0. The second kappa shape index (κ2) is 13.2. The lowest BCUT2D eigenvalue weighted by atomic mass is 10.1. The van der Waals surface area contributed by atoms with Gasteiger partial charge in [-0.3, -0.25) is 9.89 Å². The number of aliphatic imine (C=N–C) groups is 1. The Hall–Kier alpha value is -2.14. The third-order valence-electron chi connectivity index (χ3n) is 5.03. The molecule has 9 heteroatoms. The van der Waals surface area contributed by atoms with Crippen LogP contribution >= 0.6 is 24.0 Å². The first-order valence-electron chi connectivity index (χ1n) is 10.1. The fourth-order valence-corrected chi connectivity index (χ4v) is 3.40. The Morgan fingerprint density at radius 1 is 1.03 bits per heavy atom. The van der Waals surface area contributed by atoms with E-state index >= 15 is 0 Å². The quantitative estimate of drug-likeness (QED) is 0.308. The average Bonchev–Trinajstić information content (AvgIpc) is 2.79. The Morgan fingerprint density at radius 2 is 1.73 bits per heavy atom. The fourth-order valence-electron chi connectivity index (χ4n) is 3.40. The van der Waals surface area contributed by atoms with Crippen LogP contribution in [0, 0.1) is 0 Å². The number of rotatable bonds is 8. The summed E-state index contributed by atoms with van der Waals surface area (Å²) in [5.41, 5.74) is 1.19. The Balaban J connectivity index is 0.00000320. The molecule has 1 aliphatic heterocycles. The maximum atomic E-state index is 5.41. The molecule has 1 fully saturated rings. The highest BCUT2D eigenvalue weighted by Crippen LogP contribution is 2.17. The zero-order valence-electron chi connectivity index (χ0n) is 17.8. The topological polar surface area (TPSA) is 77.9 Å². The third kappa shape index (κ3) is 7.28. The molecule has 0 aliphatic carbocycles. The van der Waals surface area contributed by atoms with Gasteiger partial charge in [0.2, 0.25) is 5.95 Å². The van der Waals surface area contributed by atoms with Gasteiger partial charge >= 0.3 is 0 Å². The number of methoxy groups -OCH3 is 1. The number of hydrogen-bond donors (Lipinski definition) is 2. The summed E-state index contributed by atoms with van der Waals surface area (Å²) in [5, 5.41) is 6.78. The molecule has 8 nitrogen and oxygen atoms in total. The molecule has 2 heterocycles. The highest BCUT2D eigenvalue weighted by molar-refractivity contribution is 14.0. The van der Waals surface area contributed by atoms with Gasteiger partial charge in [-0.15, -0.1) is 24.0 Å². The maximum absolute atomic E-state index is 5.41. The van der Waals surface area contributed by atoms with Crippen molar-refractivity contribution in [1.29, 1.82) is 0 Å². The molecule has 0 atom stereocenters. The number of piperazine rings is 1. The van der Waals surface area contributed by atoms with E-state index in [0.717, 1.165) is 69.9 Å². The highest BCUT2D eigenvalue weighted by Gasteiger charge is 2.18. The number of hydrogen-bond acceptors (Lipinski definition) is 6. The van der Waals surface area contributed by atoms with Crippen molar-refractivity contribution in [3.63, 3.8) is 0 Å². The third-order valence-corrected chi connectivity index (χ3v) is 5.03. The van der Waals surface area contributed by atoms with Gasteiger partial charge < -0.3 is 20.3 Å². The molecule has 0 saturated carbocycles. The van der Waals surface area contributed by atoms with E-state index in [4.69, 9.17) is 4.74 Å². The van der Waals surface area contributed by atoms with Crippen LogP contribution in [0.15, 0.2) is 47.7 Å². The first-order valence-corrected chi connectivity index (χ1v) is 10.1. The molecule has 0 bridgehead atoms. The summed E-state index contributed by atoms with van der Waals surface area (Å²) < 4.78 is 5.41. The minimum absolute atomic E-state index is 0. The van der Waals surface area contributed by atoms with Crippen molar-refractivity contribution in [2.75, 3.05) is 64.9 Å². The number of benzene rings is 1. The lowest BCUT2D eigenvalue weighted by Crippen LogP contribution is -2.49. The van der Waals surface area contributed by atoms with E-state index in [1.807, 2.05) is 24.3 Å². The van der Waals surface area contributed by atoms with E-state index in [-0.39, 0.29) is 24.0 Å². The maximum Gasteiger partial charge on any atom is 0.225 e. The molecule has 0 amide bonds. The molecule has 1 aromatic heterocycles. The number of anilines is 1. The van der Waals surface area contributed by atoms with Gasteiger partial charge in [0.15, 0.2) is 5.96 Å². The Kier molecular flexibility index (Phi) is 10.6. The van der Waals surface area contributed by atoms with Crippen LogP contribution < -0.4 is 20.3 Å². The van der Waals surface area contributed by atoms with Gasteiger partial charge in [0, 0.05) is 65.3 Å². The summed E-state index contributed by atoms with van der Waals surface area (Å²) in [4.78, 5) is 17.7. The zero-order valence-corrected chi connectivity index (χ0v) is 20.1. The van der Waals surface area contributed by atoms with Crippen molar-refractivity contribution >= 4 is 35.9 Å². The highest BCUT2D eigenvalue weighted by atomic mass is 127. The van der Waals surface area contributed by atoms with Crippen molar-refractivity contribution in [1.82, 2.24) is 25.5 Å². The monoisotopic (exact) mass is 525 g/mol. The summed E-state index contributed by atoms with van der Waals surface area (Å²) in [7, 11) is 3.51. The van der Waals surface area contributed by atoms with Crippen LogP contribution in [-0.2, 0) is 6.42 Å². The number of nitrogens with zero attached hydrogens (tertiary/aromatic N) is 5. The molecular formula is C21H32IN7O. The Bertz CT molecular complexity index is 767. The molecule has 2 N–H and O–H groups in total. The summed E-state index contributed by atoms with van der Waals surface area (Å²) in [6, 6.07) is 9.96. The van der Waals surface area contributed by atoms with Gasteiger partial charge in [0.05, 0.1) is 7.11 Å². The van der Waals surface area contributed by atoms with E-state index in [9.17, 15) is 0 Å². The van der Waals surface area contributed by atoms with E-state index < -0.39 is 0 Å². The van der Waals surface area contributed by atoms with Crippen LogP contribution in [0.4, 0.5) is 5.95 Å². The minimum atomic E-state index is 0. The zero-order chi connectivity index (χ0) is 20.3. The average molecular weight is 525 g/mol. The van der Waals surface area contributed by atoms with Crippen molar-refractivity contribution in [2.24, 2.45) is 4.99 Å². The lowest BCUT2D eigenvalue weighted by Gasteiger charge is -2.34. The molecule has 3 rings (SSSR count). The number of halogens is 1. The lowest BCUT2D eigenvalue weighted by molar-refractivity contribution is 0.260. The van der Waals surface area contributed by atoms with E-state index in [0.29, 0.717) is 0 Å². The van der Waals surface area contributed by atoms with Crippen molar-refractivity contribution in [3.05, 3.63) is 48.3 Å². The largest absolute Gasteiger partial charge is 0.496 e. The van der Waals surface area contributed by atoms with E-state index in [2.05, 4.69) is 41.5 Å². The molecular weight excluding hydrogens is 493 g/mol. The number of aromatic nitrogens is 2. The summed E-state index contributed by atoms with van der Waals surface area (Å²) in [6.45, 7) is 6.58. The number of ether oxygens (including phenoxy) is 1. The van der Waals surface area contributed by atoms with Crippen LogP contribution in [-0.4, -0.2) is 80.8 Å². The van der Waals surface area contributed by atoms with Gasteiger partial charge in [-0.2, -0.15) is 0 Å². The summed E-state index contributed by atoms with van der Waals surface area (Å²) in [6.07, 6.45) is 4.48. The molecule has 0 radical (unpaired) electrons. The van der Waals surface area contributed by atoms with E-state index in [1.54, 1.807) is 26.6 Å². The normalized spacial score (nSPS) is 14.7. The van der Waals surface area contributed by atoms with Crippen molar-refractivity contribution in [3.8, 4) is 5.75 Å². The fraction of sp³-hybridized carbons (Fsp3) is 0.476. The first kappa shape index (κ1) is 24.1. The Labute approximate surface area is 196 Å². The molecule has 1 saturated heterocycles. The minimum Gasteiger partial charge on any atom is -0.496 e. The SMILES string of the molecule is CN=C(NCCc1ccccc1OC)NCCN1CCN(c2ncccn2)CC1.I. The molecule has 30 heavy (non-hydrogen) atoms. The predicted octanol–water partition coefficient (Wildman–Crippen LogP) is 1.63. The number of nitrogens with one attached hydrogen (secondary N) is 2. The van der Waals surface area contributed by atoms with Crippen molar-refractivity contribution in [2.45, 2.75) is 6.42 Å². The van der Waals surface area contributed by atoms with E-state index in [1.165, 1.54) is 5.56 Å².